The van der Waals surface area contributed by atoms with Gasteiger partial charge in [-0.05, 0) is 50.3 Å². The second kappa shape index (κ2) is 6.24. The van der Waals surface area contributed by atoms with Crippen molar-refractivity contribution in [2.24, 2.45) is 0 Å². The molecule has 0 saturated heterocycles. The van der Waals surface area contributed by atoms with Gasteiger partial charge < -0.3 is 9.84 Å². The minimum atomic E-state index is -0.315. The van der Waals surface area contributed by atoms with E-state index in [2.05, 4.69) is 19.9 Å². The smallest absolute Gasteiger partial charge is 0.124 e. The molecule has 2 heteroatoms. The van der Waals surface area contributed by atoms with Gasteiger partial charge in [-0.3, -0.25) is 0 Å². The molecule has 1 aromatic rings. The zero-order chi connectivity index (χ0) is 13.0. The van der Waals surface area contributed by atoms with E-state index in [1.165, 1.54) is 24.0 Å². The summed E-state index contributed by atoms with van der Waals surface area (Å²) in [5, 5.41) is 10.2. The molecule has 2 atom stereocenters. The van der Waals surface area contributed by atoms with E-state index in [0.717, 1.165) is 31.4 Å². The highest BCUT2D eigenvalue weighted by Crippen LogP contribution is 2.26. The fraction of sp³-hybridized carbons (Fsp3) is 0.625. The molecule has 2 rings (SSSR count). The lowest BCUT2D eigenvalue weighted by Gasteiger charge is -2.27. The summed E-state index contributed by atoms with van der Waals surface area (Å²) < 4.78 is 6.06. The van der Waals surface area contributed by atoms with Gasteiger partial charge in [-0.15, -0.1) is 0 Å². The van der Waals surface area contributed by atoms with Gasteiger partial charge in [0.05, 0.1) is 6.10 Å². The number of rotatable bonds is 2. The van der Waals surface area contributed by atoms with Crippen molar-refractivity contribution < 1.29 is 9.84 Å². The molecular weight excluding hydrogens is 224 g/mol. The van der Waals surface area contributed by atoms with E-state index in [-0.39, 0.29) is 12.2 Å². The topological polar surface area (TPSA) is 29.5 Å². The molecule has 2 nitrogen and oxygen atoms in total. The first-order chi connectivity index (χ1) is 8.68. The largest absolute Gasteiger partial charge is 0.487 e. The Hall–Kier alpha value is -1.02. The van der Waals surface area contributed by atoms with Crippen LogP contribution in [0.2, 0.25) is 0 Å². The second-order valence-corrected chi connectivity index (χ2v) is 5.41. The van der Waals surface area contributed by atoms with Crippen LogP contribution in [0.25, 0.3) is 0 Å². The van der Waals surface area contributed by atoms with Crippen molar-refractivity contribution in [2.75, 3.05) is 0 Å². The van der Waals surface area contributed by atoms with Crippen molar-refractivity contribution >= 4 is 0 Å². The van der Waals surface area contributed by atoms with Gasteiger partial charge in [0, 0.05) is 0 Å². The minimum absolute atomic E-state index is 0.0363. The van der Waals surface area contributed by atoms with Crippen LogP contribution in [0.5, 0.6) is 5.75 Å². The third kappa shape index (κ3) is 3.26. The molecule has 1 aromatic carbocycles. The number of hydrogen-bond acceptors (Lipinski definition) is 2. The first-order valence-electron chi connectivity index (χ1n) is 7.09. The molecule has 100 valence electrons. The van der Waals surface area contributed by atoms with Gasteiger partial charge in [0.1, 0.15) is 11.9 Å². The molecule has 0 aromatic heterocycles. The monoisotopic (exact) mass is 248 g/mol. The van der Waals surface area contributed by atoms with E-state index in [0.29, 0.717) is 0 Å². The van der Waals surface area contributed by atoms with Crippen LogP contribution in [0, 0.1) is 13.8 Å². The Kier molecular flexibility index (Phi) is 4.65. The fourth-order valence-electron chi connectivity index (χ4n) is 2.58. The Morgan fingerprint density at radius 2 is 1.78 bits per heavy atom. The lowest BCUT2D eigenvalue weighted by molar-refractivity contribution is 0.0183. The molecule has 0 heterocycles. The predicted molar refractivity (Wildman–Crippen MR) is 74.0 cm³/mol. The van der Waals surface area contributed by atoms with Crippen LogP contribution < -0.4 is 4.74 Å². The van der Waals surface area contributed by atoms with Crippen LogP contribution in [0.1, 0.15) is 49.7 Å². The number of aliphatic hydroxyl groups is 1. The average molecular weight is 248 g/mol. The molecule has 1 N–H and O–H groups in total. The number of aryl methyl sites for hydroxylation is 1. The molecule has 0 aliphatic heterocycles. The Balaban J connectivity index is 2.08. The lowest BCUT2D eigenvalue weighted by atomic mass is 9.96. The Labute approximate surface area is 110 Å². The predicted octanol–water partition coefficient (Wildman–Crippen LogP) is 3.77. The molecule has 0 radical (unpaired) electrons. The van der Waals surface area contributed by atoms with Crippen LogP contribution in [0.4, 0.5) is 0 Å². The maximum Gasteiger partial charge on any atom is 0.124 e. The number of hydrogen-bond donors (Lipinski definition) is 1. The van der Waals surface area contributed by atoms with Crippen molar-refractivity contribution in [3.8, 4) is 5.75 Å². The summed E-state index contributed by atoms with van der Waals surface area (Å²) in [5.74, 6) is 0.930. The van der Waals surface area contributed by atoms with Gasteiger partial charge in [0.25, 0.3) is 0 Å². The molecule has 1 fully saturated rings. The van der Waals surface area contributed by atoms with E-state index >= 15 is 0 Å². The Morgan fingerprint density at radius 1 is 1.06 bits per heavy atom. The summed E-state index contributed by atoms with van der Waals surface area (Å²) in [5.41, 5.74) is 2.43. The van der Waals surface area contributed by atoms with Gasteiger partial charge in [-0.1, -0.05) is 31.4 Å². The van der Waals surface area contributed by atoms with Crippen LogP contribution in [0.3, 0.4) is 0 Å². The maximum absolute atomic E-state index is 10.2. The fourth-order valence-corrected chi connectivity index (χ4v) is 2.58. The SMILES string of the molecule is Cc1cccc(OC2CCCCCCC2O)c1C. The maximum atomic E-state index is 10.2. The molecule has 0 amide bonds. The quantitative estimate of drug-likeness (QED) is 0.863. The molecular formula is C16H24O2. The van der Waals surface area contributed by atoms with Crippen molar-refractivity contribution in [3.05, 3.63) is 29.3 Å². The van der Waals surface area contributed by atoms with Crippen molar-refractivity contribution in [1.82, 2.24) is 0 Å². The number of aliphatic hydroxyl groups excluding tert-OH is 1. The first-order valence-corrected chi connectivity index (χ1v) is 7.09. The van der Waals surface area contributed by atoms with Crippen molar-refractivity contribution in [3.63, 3.8) is 0 Å². The molecule has 18 heavy (non-hydrogen) atoms. The molecule has 1 aliphatic carbocycles. The molecule has 1 aliphatic rings. The van der Waals surface area contributed by atoms with Gasteiger partial charge in [0.2, 0.25) is 0 Å². The summed E-state index contributed by atoms with van der Waals surface area (Å²) >= 11 is 0. The molecule has 0 spiro atoms. The lowest BCUT2D eigenvalue weighted by Crippen LogP contribution is -2.32. The van der Waals surface area contributed by atoms with Crippen LogP contribution in [0.15, 0.2) is 18.2 Å². The molecule has 1 saturated carbocycles. The van der Waals surface area contributed by atoms with Crippen molar-refractivity contribution in [2.45, 2.75) is 64.6 Å². The summed E-state index contributed by atoms with van der Waals surface area (Å²) in [6, 6.07) is 6.12. The number of benzene rings is 1. The molecule has 0 bridgehead atoms. The molecule has 2 unspecified atom stereocenters. The van der Waals surface area contributed by atoms with E-state index in [1.54, 1.807) is 0 Å². The average Bonchev–Trinajstić information content (AvgIpc) is 2.34. The van der Waals surface area contributed by atoms with Gasteiger partial charge in [0.15, 0.2) is 0 Å². The van der Waals surface area contributed by atoms with Crippen LogP contribution in [-0.2, 0) is 0 Å². The Morgan fingerprint density at radius 3 is 2.56 bits per heavy atom. The highest BCUT2D eigenvalue weighted by atomic mass is 16.5. The highest BCUT2D eigenvalue weighted by Gasteiger charge is 2.22. The number of ether oxygens (including phenoxy) is 1. The zero-order valence-corrected chi connectivity index (χ0v) is 11.5. The van der Waals surface area contributed by atoms with Gasteiger partial charge in [-0.2, -0.15) is 0 Å². The zero-order valence-electron chi connectivity index (χ0n) is 11.5. The van der Waals surface area contributed by atoms with Crippen LogP contribution >= 0.6 is 0 Å². The van der Waals surface area contributed by atoms with E-state index in [9.17, 15) is 5.11 Å². The Bertz CT molecular complexity index is 387. The summed E-state index contributed by atoms with van der Waals surface area (Å²) in [4.78, 5) is 0. The third-order valence-electron chi connectivity index (χ3n) is 4.00. The van der Waals surface area contributed by atoms with Crippen LogP contribution in [-0.4, -0.2) is 17.3 Å². The van der Waals surface area contributed by atoms with Crippen molar-refractivity contribution in [1.29, 1.82) is 0 Å². The minimum Gasteiger partial charge on any atom is -0.487 e. The van der Waals surface area contributed by atoms with E-state index in [1.807, 2.05) is 12.1 Å². The second-order valence-electron chi connectivity index (χ2n) is 5.41. The van der Waals surface area contributed by atoms with E-state index < -0.39 is 0 Å². The first kappa shape index (κ1) is 13.4. The third-order valence-corrected chi connectivity index (χ3v) is 4.00. The summed E-state index contributed by atoms with van der Waals surface area (Å²) in [7, 11) is 0. The standard InChI is InChI=1S/C16H24O2/c1-12-8-7-11-15(13(12)2)18-16-10-6-4-3-5-9-14(16)17/h7-8,11,14,16-17H,3-6,9-10H2,1-2H3. The highest BCUT2D eigenvalue weighted by molar-refractivity contribution is 5.38. The summed E-state index contributed by atoms with van der Waals surface area (Å²) in [6.07, 6.45) is 6.27. The summed E-state index contributed by atoms with van der Waals surface area (Å²) in [6.45, 7) is 4.18. The van der Waals surface area contributed by atoms with Gasteiger partial charge in [-0.25, -0.2) is 0 Å². The van der Waals surface area contributed by atoms with E-state index in [4.69, 9.17) is 4.74 Å². The normalized spacial score (nSPS) is 25.3. The van der Waals surface area contributed by atoms with Gasteiger partial charge >= 0.3 is 0 Å².